The first kappa shape index (κ1) is 11.6. The average molecular weight is 226 g/mol. The van der Waals surface area contributed by atoms with Crippen LogP contribution in [0.4, 0.5) is 0 Å². The Morgan fingerprint density at radius 3 is 2.88 bits per heavy atom. The number of fused-ring (bicyclic) bond motifs is 1. The molecule has 1 saturated carbocycles. The fraction of sp³-hybridized carbons (Fsp3) is 0.750. The Labute approximate surface area is 94.9 Å². The summed E-state index contributed by atoms with van der Waals surface area (Å²) in [5.41, 5.74) is -1.15. The van der Waals surface area contributed by atoms with Gasteiger partial charge in [0.05, 0.1) is 18.8 Å². The molecule has 0 aromatic heterocycles. The molecule has 0 saturated heterocycles. The van der Waals surface area contributed by atoms with Crippen LogP contribution in [-0.4, -0.2) is 35.0 Å². The first-order valence-corrected chi connectivity index (χ1v) is 5.71. The van der Waals surface area contributed by atoms with Crippen LogP contribution in [0.3, 0.4) is 0 Å². The molecule has 0 aliphatic heterocycles. The minimum absolute atomic E-state index is 0.0309. The van der Waals surface area contributed by atoms with E-state index in [1.807, 2.05) is 6.92 Å². The van der Waals surface area contributed by atoms with Gasteiger partial charge in [0.25, 0.3) is 0 Å². The van der Waals surface area contributed by atoms with E-state index in [4.69, 9.17) is 0 Å². The van der Waals surface area contributed by atoms with Crippen molar-refractivity contribution >= 4 is 5.97 Å². The number of carbonyl (C=O) groups is 1. The zero-order chi connectivity index (χ0) is 11.9. The van der Waals surface area contributed by atoms with Gasteiger partial charge < -0.3 is 14.9 Å². The lowest BCUT2D eigenvalue weighted by atomic mass is 9.72. The molecule has 0 aromatic carbocycles. The lowest BCUT2D eigenvalue weighted by molar-refractivity contribution is -0.143. The highest BCUT2D eigenvalue weighted by Gasteiger charge is 2.55. The van der Waals surface area contributed by atoms with Gasteiger partial charge in [0.2, 0.25) is 0 Å². The van der Waals surface area contributed by atoms with Crippen LogP contribution in [0, 0.1) is 11.8 Å². The number of aliphatic hydroxyl groups is 2. The summed E-state index contributed by atoms with van der Waals surface area (Å²) >= 11 is 0. The van der Waals surface area contributed by atoms with Crippen LogP contribution in [0.1, 0.15) is 26.2 Å². The number of methoxy groups -OCH3 is 1. The number of carbonyl (C=O) groups excluding carboxylic acids is 1. The first-order chi connectivity index (χ1) is 7.50. The molecule has 2 aliphatic rings. The predicted octanol–water partition coefficient (Wildman–Crippen LogP) is 0.628. The van der Waals surface area contributed by atoms with Crippen LogP contribution in [0.5, 0.6) is 0 Å². The predicted molar refractivity (Wildman–Crippen MR) is 57.6 cm³/mol. The minimum atomic E-state index is -1.39. The molecule has 0 bridgehead atoms. The summed E-state index contributed by atoms with van der Waals surface area (Å²) in [5.74, 6) is -0.318. The number of rotatable bonds is 1. The molecule has 2 N–H and O–H groups in total. The molecule has 0 radical (unpaired) electrons. The maximum atomic E-state index is 11.6. The maximum absolute atomic E-state index is 11.6. The van der Waals surface area contributed by atoms with Crippen LogP contribution >= 0.6 is 0 Å². The van der Waals surface area contributed by atoms with Crippen LogP contribution in [-0.2, 0) is 9.53 Å². The fourth-order valence-corrected chi connectivity index (χ4v) is 3.04. The topological polar surface area (TPSA) is 66.8 Å². The van der Waals surface area contributed by atoms with Gasteiger partial charge >= 0.3 is 5.97 Å². The van der Waals surface area contributed by atoms with E-state index in [2.05, 4.69) is 4.74 Å². The molecule has 2 rings (SSSR count). The molecule has 2 aliphatic carbocycles. The molecular weight excluding hydrogens is 208 g/mol. The summed E-state index contributed by atoms with van der Waals surface area (Å²) in [6.07, 6.45) is 3.00. The van der Waals surface area contributed by atoms with Crippen LogP contribution in [0.25, 0.3) is 0 Å². The van der Waals surface area contributed by atoms with Crippen LogP contribution < -0.4 is 0 Å². The van der Waals surface area contributed by atoms with E-state index in [1.54, 1.807) is 6.08 Å². The van der Waals surface area contributed by atoms with Gasteiger partial charge in [-0.05, 0) is 31.1 Å². The molecule has 90 valence electrons. The van der Waals surface area contributed by atoms with Gasteiger partial charge in [0.1, 0.15) is 5.60 Å². The molecule has 4 atom stereocenters. The Morgan fingerprint density at radius 2 is 2.25 bits per heavy atom. The Morgan fingerprint density at radius 1 is 1.56 bits per heavy atom. The second-order valence-electron chi connectivity index (χ2n) is 4.90. The van der Waals surface area contributed by atoms with E-state index in [9.17, 15) is 15.0 Å². The summed E-state index contributed by atoms with van der Waals surface area (Å²) in [4.78, 5) is 11.6. The SMILES string of the molecule is COC(=O)C1=C[C@@H](C)C[C@H]2CC[C@@H](O)[C@@]12O. The number of esters is 1. The number of aliphatic hydroxyl groups excluding tert-OH is 1. The zero-order valence-corrected chi connectivity index (χ0v) is 9.64. The minimum Gasteiger partial charge on any atom is -0.466 e. The molecule has 0 heterocycles. The number of hydrogen-bond acceptors (Lipinski definition) is 4. The molecule has 4 nitrogen and oxygen atoms in total. The normalized spacial score (nSPS) is 42.5. The van der Waals surface area contributed by atoms with Gasteiger partial charge in [-0.25, -0.2) is 4.79 Å². The highest BCUT2D eigenvalue weighted by atomic mass is 16.5. The van der Waals surface area contributed by atoms with E-state index in [1.165, 1.54) is 7.11 Å². The largest absolute Gasteiger partial charge is 0.466 e. The third-order valence-corrected chi connectivity index (χ3v) is 3.86. The monoisotopic (exact) mass is 226 g/mol. The van der Waals surface area contributed by atoms with Gasteiger partial charge in [-0.1, -0.05) is 13.0 Å². The Balaban J connectivity index is 2.42. The van der Waals surface area contributed by atoms with Crippen molar-refractivity contribution < 1.29 is 19.7 Å². The van der Waals surface area contributed by atoms with Crippen LogP contribution in [0.2, 0.25) is 0 Å². The summed E-state index contributed by atoms with van der Waals surface area (Å²) in [7, 11) is 1.29. The molecule has 0 aromatic rings. The summed E-state index contributed by atoms with van der Waals surface area (Å²) in [6, 6.07) is 0. The molecule has 1 fully saturated rings. The third-order valence-electron chi connectivity index (χ3n) is 3.86. The molecule has 0 amide bonds. The average Bonchev–Trinajstić information content (AvgIpc) is 2.55. The van der Waals surface area contributed by atoms with Crippen LogP contribution in [0.15, 0.2) is 11.6 Å². The van der Waals surface area contributed by atoms with E-state index in [0.29, 0.717) is 6.42 Å². The first-order valence-electron chi connectivity index (χ1n) is 5.71. The van der Waals surface area contributed by atoms with Crippen molar-refractivity contribution in [2.24, 2.45) is 11.8 Å². The summed E-state index contributed by atoms with van der Waals surface area (Å²) in [6.45, 7) is 2.01. The second kappa shape index (κ2) is 3.86. The van der Waals surface area contributed by atoms with Gasteiger partial charge in [0.15, 0.2) is 0 Å². The standard InChI is InChI=1S/C12H18O4/c1-7-5-8-3-4-10(13)12(8,15)9(6-7)11(14)16-2/h6-8,10,13,15H,3-5H2,1-2H3/t7-,8+,10+,12-/m0/s1. The zero-order valence-electron chi connectivity index (χ0n) is 9.64. The smallest absolute Gasteiger partial charge is 0.336 e. The van der Waals surface area contributed by atoms with E-state index in [-0.39, 0.29) is 17.4 Å². The van der Waals surface area contributed by atoms with Gasteiger partial charge in [-0.15, -0.1) is 0 Å². The number of hydrogen-bond donors (Lipinski definition) is 2. The number of ether oxygens (including phenoxy) is 1. The number of allylic oxidation sites excluding steroid dienone is 1. The molecule has 0 spiro atoms. The van der Waals surface area contributed by atoms with Gasteiger partial charge in [-0.3, -0.25) is 0 Å². The Kier molecular flexibility index (Phi) is 2.80. The highest BCUT2D eigenvalue weighted by molar-refractivity contribution is 5.91. The summed E-state index contributed by atoms with van der Waals surface area (Å²) in [5, 5.41) is 20.4. The summed E-state index contributed by atoms with van der Waals surface area (Å²) < 4.78 is 4.68. The van der Waals surface area contributed by atoms with Gasteiger partial charge in [-0.2, -0.15) is 0 Å². The van der Waals surface area contributed by atoms with Gasteiger partial charge in [0, 0.05) is 0 Å². The maximum Gasteiger partial charge on any atom is 0.336 e. The Bertz CT molecular complexity index is 336. The fourth-order valence-electron chi connectivity index (χ4n) is 3.04. The lowest BCUT2D eigenvalue weighted by Gasteiger charge is -2.38. The lowest BCUT2D eigenvalue weighted by Crippen LogP contribution is -2.50. The molecular formula is C12H18O4. The highest BCUT2D eigenvalue weighted by Crippen LogP contribution is 2.48. The molecule has 4 heteroatoms. The van der Waals surface area contributed by atoms with Crippen molar-refractivity contribution in [3.63, 3.8) is 0 Å². The third kappa shape index (κ3) is 1.48. The van der Waals surface area contributed by atoms with E-state index in [0.717, 1.165) is 12.8 Å². The van der Waals surface area contributed by atoms with E-state index < -0.39 is 17.7 Å². The Hall–Kier alpha value is -0.870. The van der Waals surface area contributed by atoms with Crippen molar-refractivity contribution in [2.75, 3.05) is 7.11 Å². The van der Waals surface area contributed by atoms with Crippen molar-refractivity contribution in [3.8, 4) is 0 Å². The van der Waals surface area contributed by atoms with Crippen molar-refractivity contribution in [1.82, 2.24) is 0 Å². The van der Waals surface area contributed by atoms with Crippen molar-refractivity contribution in [1.29, 1.82) is 0 Å². The molecule has 0 unspecified atom stereocenters. The van der Waals surface area contributed by atoms with Crippen molar-refractivity contribution in [2.45, 2.75) is 37.9 Å². The van der Waals surface area contributed by atoms with Crippen molar-refractivity contribution in [3.05, 3.63) is 11.6 Å². The molecule has 16 heavy (non-hydrogen) atoms. The second-order valence-corrected chi connectivity index (χ2v) is 4.90. The van der Waals surface area contributed by atoms with E-state index >= 15 is 0 Å². The quantitative estimate of drug-likeness (QED) is 0.643.